The van der Waals surface area contributed by atoms with Crippen LogP contribution in [0.2, 0.25) is 0 Å². The fraction of sp³-hybridized carbons (Fsp3) is 0.973. The Kier molecular flexibility index (Phi) is 18.2. The second-order valence-corrected chi connectivity index (χ2v) is 17.5. The quantitative estimate of drug-likeness (QED) is 0.0326. The van der Waals surface area contributed by atoms with Gasteiger partial charge in [0.05, 0.1) is 69.2 Å². The molecule has 5 aliphatic heterocycles. The molecule has 5 fully saturated rings. The molecular weight excluding hydrogens is 844 g/mol. The third-order valence-electron chi connectivity index (χ3n) is 12.4. The molecule has 24 heteroatoms. The van der Waals surface area contributed by atoms with Gasteiger partial charge in [0.15, 0.2) is 31.3 Å². The summed E-state index contributed by atoms with van der Waals surface area (Å²) in [5.41, 5.74) is 0. The Morgan fingerprint density at radius 1 is 0.689 bits per heavy atom. The van der Waals surface area contributed by atoms with E-state index in [9.17, 15) is 54.4 Å². The van der Waals surface area contributed by atoms with Gasteiger partial charge in [-0.05, 0) is 40.0 Å². The number of methoxy groups -OCH3 is 1. The van der Waals surface area contributed by atoms with Crippen molar-refractivity contribution in [3.63, 3.8) is 0 Å². The van der Waals surface area contributed by atoms with Crippen LogP contribution in [0.3, 0.4) is 0 Å². The predicted octanol–water partition coefficient (Wildman–Crippen LogP) is -2.40. The van der Waals surface area contributed by atoms with E-state index in [0.717, 1.165) is 0 Å². The van der Waals surface area contributed by atoms with Gasteiger partial charge in [-0.25, -0.2) is 13.9 Å². The van der Waals surface area contributed by atoms with Crippen molar-refractivity contribution < 1.29 is 111 Å². The Labute approximate surface area is 355 Å². The Hall–Kier alpha value is -1.18. The van der Waals surface area contributed by atoms with Gasteiger partial charge >= 0.3 is 5.97 Å². The average Bonchev–Trinajstić information content (AvgIpc) is 3.17. The monoisotopic (exact) mass is 907 g/mol. The Balaban J connectivity index is 1.24. The smallest absolute Gasteiger partial charge is 0.335 e. The maximum absolute atomic E-state index is 11.6. The van der Waals surface area contributed by atoms with Crippen molar-refractivity contribution in [2.24, 2.45) is 35.5 Å². The lowest BCUT2D eigenvalue weighted by molar-refractivity contribution is -0.372. The van der Waals surface area contributed by atoms with Gasteiger partial charge in [-0.1, -0.05) is 13.8 Å². The molecule has 5 rings (SSSR count). The lowest BCUT2D eigenvalue weighted by Crippen LogP contribution is -2.59. The summed E-state index contributed by atoms with van der Waals surface area (Å²) in [4.78, 5) is 16.8. The number of aliphatic carboxylic acids is 1. The minimum Gasteiger partial charge on any atom is -0.748 e. The number of hydrogen-bond donors (Lipinski definition) is 8. The first-order chi connectivity index (χ1) is 28.6. The fourth-order valence-corrected chi connectivity index (χ4v) is 8.87. The zero-order chi connectivity index (χ0) is 45.1. The van der Waals surface area contributed by atoms with Crippen LogP contribution >= 0.6 is 0 Å². The van der Waals surface area contributed by atoms with Crippen molar-refractivity contribution in [3.05, 3.63) is 0 Å². The van der Waals surface area contributed by atoms with E-state index in [2.05, 4.69) is 4.33 Å². The predicted molar refractivity (Wildman–Crippen MR) is 198 cm³/mol. The Morgan fingerprint density at radius 3 is 1.80 bits per heavy atom. The first-order valence-electron chi connectivity index (χ1n) is 20.4. The van der Waals surface area contributed by atoms with Gasteiger partial charge in [-0.2, -0.15) is 0 Å². The molecule has 0 bridgehead atoms. The van der Waals surface area contributed by atoms with Gasteiger partial charge in [0.1, 0.15) is 29.7 Å². The van der Waals surface area contributed by atoms with Crippen molar-refractivity contribution in [2.75, 3.05) is 33.5 Å². The molecule has 0 aromatic carbocycles. The van der Waals surface area contributed by atoms with Crippen molar-refractivity contribution in [3.8, 4) is 0 Å². The van der Waals surface area contributed by atoms with Crippen molar-refractivity contribution in [1.82, 2.24) is 0 Å². The van der Waals surface area contributed by atoms with Crippen LogP contribution in [0, 0.1) is 35.5 Å². The molecule has 5 saturated heterocycles. The number of ether oxygens (including phenoxy) is 10. The molecule has 0 radical (unpaired) electrons. The number of carbonyl (C=O) groups is 1. The summed E-state index contributed by atoms with van der Waals surface area (Å²) in [6.45, 7) is 9.27. The lowest BCUT2D eigenvalue weighted by atomic mass is 9.83. The number of aliphatic hydroxyl groups is 7. The number of carboxylic acids is 1. The van der Waals surface area contributed by atoms with Crippen LogP contribution < -0.4 is 0 Å². The van der Waals surface area contributed by atoms with E-state index in [1.54, 1.807) is 27.7 Å². The fourth-order valence-electron chi connectivity index (χ4n) is 8.72. The van der Waals surface area contributed by atoms with Crippen molar-refractivity contribution >= 4 is 17.3 Å². The SMILES string of the molecule is CO[C@@H]1OC(C)[C@@H](O)[C@H](CO[C@@H]2OC(C)[C@@H](OOS(=O)[O-])[C@H](CO[C@@H]3OC(C)[C@@H](O)[C@H](CO[C@@H]4OC(C)C[C@H](C)C4CO[C@H]4OC(C(=O)O)[C@@H](O)CC4(O)O)C3O)C2C)C1O. The van der Waals surface area contributed by atoms with Gasteiger partial charge in [0.25, 0.3) is 0 Å². The highest BCUT2D eigenvalue weighted by molar-refractivity contribution is 7.73. The molecule has 0 amide bonds. The molecular formula is C37H63O23S-. The van der Waals surface area contributed by atoms with Crippen molar-refractivity contribution in [2.45, 2.75) is 159 Å². The van der Waals surface area contributed by atoms with Crippen LogP contribution in [0.15, 0.2) is 0 Å². The highest BCUT2D eigenvalue weighted by Crippen LogP contribution is 2.39. The largest absolute Gasteiger partial charge is 0.748 e. The van der Waals surface area contributed by atoms with Crippen LogP contribution in [0.25, 0.3) is 0 Å². The maximum atomic E-state index is 11.6. The zero-order valence-electron chi connectivity index (χ0n) is 35.1. The zero-order valence-corrected chi connectivity index (χ0v) is 35.9. The van der Waals surface area contributed by atoms with Gasteiger partial charge in [-0.3, -0.25) is 0 Å². The number of aliphatic hydroxyl groups excluding tert-OH is 5. The number of carboxylic acid groups (broad SMARTS) is 1. The summed E-state index contributed by atoms with van der Waals surface area (Å²) in [6.07, 6.45) is -18.7. The van der Waals surface area contributed by atoms with Crippen molar-refractivity contribution in [1.29, 1.82) is 0 Å². The highest BCUT2D eigenvalue weighted by atomic mass is 32.2. The second-order valence-electron chi connectivity index (χ2n) is 16.9. The van der Waals surface area contributed by atoms with Gasteiger partial charge in [-0.15, -0.1) is 4.33 Å². The lowest BCUT2D eigenvalue weighted by Gasteiger charge is -2.46. The Bertz CT molecular complexity index is 1410. The molecule has 23 atom stereocenters. The summed E-state index contributed by atoms with van der Waals surface area (Å²) >= 11 is -3.05. The van der Waals surface area contributed by atoms with E-state index in [1.165, 1.54) is 7.11 Å². The minimum atomic E-state index is -3.05. The summed E-state index contributed by atoms with van der Waals surface area (Å²) in [5, 5.41) is 84.7. The first kappa shape index (κ1) is 50.8. The van der Waals surface area contributed by atoms with Gasteiger partial charge in [0.2, 0.25) is 12.1 Å². The maximum Gasteiger partial charge on any atom is 0.335 e. The van der Waals surface area contributed by atoms with Gasteiger partial charge in [0, 0.05) is 43.1 Å². The molecule has 23 nitrogen and oxygen atoms in total. The van der Waals surface area contributed by atoms with Crippen LogP contribution in [0.4, 0.5) is 0 Å². The molecule has 0 aliphatic carbocycles. The van der Waals surface area contributed by atoms with E-state index >= 15 is 0 Å². The first-order valence-corrected chi connectivity index (χ1v) is 21.4. The van der Waals surface area contributed by atoms with E-state index in [-0.39, 0.29) is 38.4 Å². The molecule has 0 aromatic rings. The Morgan fingerprint density at radius 2 is 1.21 bits per heavy atom. The average molecular weight is 908 g/mol. The molecule has 5 aliphatic rings. The molecule has 0 saturated carbocycles. The third-order valence-corrected chi connectivity index (χ3v) is 12.6. The topological polar surface area (TPSA) is 330 Å². The standard InChI is InChI=1S/C37H64O23S/c1-14-8-15(2)54-33(20(14)10-53-36-37(45,46)9-24(38)30(58-36)31(43)44)51-13-23-26(40)18(5)56-35(28(23)42)52-11-21-16(3)32(57-19(6)29(21)59-60-61(47)48)50-12-22-25(39)17(4)55-34(49-7)27(22)41/h14-30,32-36,38-42,45-46H,8-13H2,1-7H3,(H,43,44)(H,47,48)/p-1/t14-,15?,16?,17?,18?,19?,20?,21+,22-,23-,24-,25+,26+,27?,28?,29+,30?,32+,33+,34+,35+,36-/m0/s1. The molecule has 5 heterocycles. The van der Waals surface area contributed by atoms with Crippen LogP contribution in [-0.4, -0.2) is 194 Å². The normalized spacial score (nSPS) is 47.5. The molecule has 0 spiro atoms. The molecule has 10 unspecified atom stereocenters. The number of hydrogen-bond acceptors (Lipinski definition) is 22. The highest BCUT2D eigenvalue weighted by Gasteiger charge is 2.52. The van der Waals surface area contributed by atoms with Gasteiger partial charge < -0.3 is 92.8 Å². The van der Waals surface area contributed by atoms with E-state index in [4.69, 9.17) is 52.3 Å². The van der Waals surface area contributed by atoms with Crippen LogP contribution in [-0.2, 0) is 72.7 Å². The molecule has 356 valence electrons. The van der Waals surface area contributed by atoms with E-state index < -0.39 is 152 Å². The van der Waals surface area contributed by atoms with E-state index in [1.807, 2.05) is 13.8 Å². The van der Waals surface area contributed by atoms with E-state index in [0.29, 0.717) is 6.42 Å². The van der Waals surface area contributed by atoms with Crippen LogP contribution in [0.5, 0.6) is 0 Å². The second kappa shape index (κ2) is 21.9. The summed E-state index contributed by atoms with van der Waals surface area (Å²) < 4.78 is 85.2. The summed E-state index contributed by atoms with van der Waals surface area (Å²) in [6, 6.07) is 0. The molecule has 61 heavy (non-hydrogen) atoms. The number of rotatable bonds is 17. The summed E-state index contributed by atoms with van der Waals surface area (Å²) in [5.74, 6) is -8.14. The minimum absolute atomic E-state index is 0.142. The van der Waals surface area contributed by atoms with Crippen LogP contribution in [0.1, 0.15) is 54.4 Å². The molecule has 0 aromatic heterocycles. The third kappa shape index (κ3) is 12.2. The molecule has 8 N–H and O–H groups in total. The summed E-state index contributed by atoms with van der Waals surface area (Å²) in [7, 11) is 1.36.